The van der Waals surface area contributed by atoms with Crippen molar-refractivity contribution in [2.75, 3.05) is 18.9 Å². The monoisotopic (exact) mass is 500 g/mol. The highest BCUT2D eigenvalue weighted by molar-refractivity contribution is 8.18. The third-order valence-corrected chi connectivity index (χ3v) is 6.77. The van der Waals surface area contributed by atoms with Crippen LogP contribution in [-0.4, -0.2) is 39.6 Å². The molecule has 1 heterocycles. The van der Waals surface area contributed by atoms with Gasteiger partial charge in [-0.25, -0.2) is 4.99 Å². The number of hydrogen-bond acceptors (Lipinski definition) is 6. The molecule has 4 rings (SSSR count). The molecule has 1 atom stereocenters. The molecule has 1 fully saturated rings. The molecule has 0 saturated carbocycles. The molecule has 0 bridgehead atoms. The molecular formula is C29H32N4O2S. The lowest BCUT2D eigenvalue weighted by Crippen LogP contribution is -2.28. The van der Waals surface area contributed by atoms with Crippen LogP contribution in [0.15, 0.2) is 95.0 Å². The number of aliphatic hydroxyl groups is 1. The summed E-state index contributed by atoms with van der Waals surface area (Å²) in [6.45, 7) is 5.62. The lowest BCUT2D eigenvalue weighted by atomic mass is 10.1. The summed E-state index contributed by atoms with van der Waals surface area (Å²) in [5.74, 6) is -0.0702. The minimum atomic E-state index is -0.611. The van der Waals surface area contributed by atoms with Crippen LogP contribution in [0.4, 0.5) is 11.4 Å². The molecule has 0 radical (unpaired) electrons. The second-order valence-electron chi connectivity index (χ2n) is 8.75. The Labute approximate surface area is 217 Å². The molecule has 1 amide bonds. The van der Waals surface area contributed by atoms with Crippen LogP contribution in [0.1, 0.15) is 36.6 Å². The van der Waals surface area contributed by atoms with Gasteiger partial charge in [0.1, 0.15) is 0 Å². The van der Waals surface area contributed by atoms with E-state index in [1.807, 2.05) is 91.8 Å². The highest BCUT2D eigenvalue weighted by Gasteiger charge is 2.34. The first-order valence-electron chi connectivity index (χ1n) is 12.1. The Morgan fingerprint density at radius 3 is 2.36 bits per heavy atom. The smallest absolute Gasteiger partial charge is 0.268 e. The number of amidine groups is 1. The Balaban J connectivity index is 1.69. The maximum Gasteiger partial charge on any atom is 0.268 e. The van der Waals surface area contributed by atoms with Gasteiger partial charge in [-0.15, -0.1) is 0 Å². The molecule has 2 N–H and O–H groups in total. The molecule has 36 heavy (non-hydrogen) atoms. The number of thioether (sulfide) groups is 1. The van der Waals surface area contributed by atoms with E-state index in [4.69, 9.17) is 4.99 Å². The first-order valence-corrected chi connectivity index (χ1v) is 12.9. The van der Waals surface area contributed by atoms with Crippen molar-refractivity contribution in [1.29, 1.82) is 0 Å². The molecule has 6 nitrogen and oxygen atoms in total. The number of aliphatic imine (C=N–C) groups is 1. The summed E-state index contributed by atoms with van der Waals surface area (Å²) in [7, 11) is 1.97. The van der Waals surface area contributed by atoms with Crippen LogP contribution in [0.2, 0.25) is 0 Å². The number of anilines is 1. The SMILES string of the molecule is CCNc1ccc(C(C)O)cc1N=C1SC(=CN(C)Cc2ccccc2)C(=O)N1Cc1ccccc1. The van der Waals surface area contributed by atoms with Crippen LogP contribution in [0, 0.1) is 0 Å². The topological polar surface area (TPSA) is 68.2 Å². The average molecular weight is 501 g/mol. The Kier molecular flexibility index (Phi) is 8.46. The number of hydrogen-bond donors (Lipinski definition) is 2. The van der Waals surface area contributed by atoms with E-state index >= 15 is 0 Å². The number of aliphatic hydroxyl groups excluding tert-OH is 1. The number of carbonyl (C=O) groups is 1. The van der Waals surface area contributed by atoms with Crippen LogP contribution in [0.5, 0.6) is 0 Å². The van der Waals surface area contributed by atoms with Gasteiger partial charge in [0.2, 0.25) is 0 Å². The third kappa shape index (κ3) is 6.36. The van der Waals surface area contributed by atoms with Crippen molar-refractivity contribution in [3.05, 3.63) is 107 Å². The van der Waals surface area contributed by atoms with Crippen molar-refractivity contribution in [1.82, 2.24) is 9.80 Å². The lowest BCUT2D eigenvalue weighted by molar-refractivity contribution is -0.122. The number of benzene rings is 3. The Morgan fingerprint density at radius 1 is 1.06 bits per heavy atom. The molecule has 3 aromatic rings. The molecule has 1 unspecified atom stereocenters. The van der Waals surface area contributed by atoms with Gasteiger partial charge in [0.25, 0.3) is 5.91 Å². The van der Waals surface area contributed by atoms with Crippen LogP contribution < -0.4 is 5.32 Å². The quantitative estimate of drug-likeness (QED) is 0.358. The van der Waals surface area contributed by atoms with Crippen molar-refractivity contribution in [3.8, 4) is 0 Å². The molecule has 186 valence electrons. The number of rotatable bonds is 9. The maximum absolute atomic E-state index is 13.6. The Hall–Kier alpha value is -3.55. The number of amides is 1. The van der Waals surface area contributed by atoms with Gasteiger partial charge in [-0.3, -0.25) is 9.69 Å². The van der Waals surface area contributed by atoms with E-state index < -0.39 is 6.10 Å². The summed E-state index contributed by atoms with van der Waals surface area (Å²) in [5.41, 5.74) is 4.54. The van der Waals surface area contributed by atoms with Crippen LogP contribution >= 0.6 is 11.8 Å². The van der Waals surface area contributed by atoms with E-state index in [2.05, 4.69) is 17.4 Å². The van der Waals surface area contributed by atoms with Crippen molar-refractivity contribution in [2.45, 2.75) is 33.0 Å². The second-order valence-corrected chi connectivity index (χ2v) is 9.76. The van der Waals surface area contributed by atoms with Crippen molar-refractivity contribution in [3.63, 3.8) is 0 Å². The molecule has 0 aliphatic carbocycles. The van der Waals surface area contributed by atoms with E-state index in [1.165, 1.54) is 17.3 Å². The number of nitrogens with one attached hydrogen (secondary N) is 1. The molecule has 3 aromatic carbocycles. The first kappa shape index (κ1) is 25.5. The average Bonchev–Trinajstić information content (AvgIpc) is 3.15. The summed E-state index contributed by atoms with van der Waals surface area (Å²) in [6, 6.07) is 25.8. The fourth-order valence-electron chi connectivity index (χ4n) is 3.95. The Bertz CT molecular complexity index is 1240. The Morgan fingerprint density at radius 2 is 1.72 bits per heavy atom. The maximum atomic E-state index is 13.6. The van der Waals surface area contributed by atoms with Crippen LogP contribution in [-0.2, 0) is 17.9 Å². The third-order valence-electron chi connectivity index (χ3n) is 5.77. The highest BCUT2D eigenvalue weighted by atomic mass is 32.2. The predicted molar refractivity (Wildman–Crippen MR) is 149 cm³/mol. The first-order chi connectivity index (χ1) is 17.4. The zero-order valence-corrected chi connectivity index (χ0v) is 21.7. The van der Waals surface area contributed by atoms with E-state index in [-0.39, 0.29) is 5.91 Å². The van der Waals surface area contributed by atoms with Crippen LogP contribution in [0.25, 0.3) is 0 Å². The highest BCUT2D eigenvalue weighted by Crippen LogP contribution is 2.37. The zero-order chi connectivity index (χ0) is 25.5. The second kappa shape index (κ2) is 11.9. The fraction of sp³-hybridized carbons (Fsp3) is 0.241. The largest absolute Gasteiger partial charge is 0.389 e. The standard InChI is InChI=1S/C29H32N4O2S/c1-4-30-25-16-15-24(21(2)34)17-26(25)31-29-33(19-23-13-9-6-10-14-23)28(35)27(36-29)20-32(3)18-22-11-7-5-8-12-22/h5-17,20-21,30,34H,4,18-19H2,1-3H3. The van der Waals surface area contributed by atoms with Gasteiger partial charge < -0.3 is 15.3 Å². The molecular weight excluding hydrogens is 468 g/mol. The summed E-state index contributed by atoms with van der Waals surface area (Å²) in [5, 5.41) is 14.1. The van der Waals surface area contributed by atoms with Gasteiger partial charge in [-0.2, -0.15) is 0 Å². The normalized spacial score (nSPS) is 16.6. The lowest BCUT2D eigenvalue weighted by Gasteiger charge is -2.17. The molecule has 0 spiro atoms. The van der Waals surface area contributed by atoms with Gasteiger partial charge >= 0.3 is 0 Å². The minimum absolute atomic E-state index is 0.0702. The fourth-order valence-corrected chi connectivity index (χ4v) is 4.98. The molecule has 1 saturated heterocycles. The zero-order valence-electron chi connectivity index (χ0n) is 20.9. The molecule has 0 aromatic heterocycles. The van der Waals surface area contributed by atoms with Gasteiger partial charge in [-0.1, -0.05) is 66.7 Å². The summed E-state index contributed by atoms with van der Waals surface area (Å²) >= 11 is 1.38. The van der Waals surface area contributed by atoms with Crippen molar-refractivity contribution in [2.24, 2.45) is 4.99 Å². The summed E-state index contributed by atoms with van der Waals surface area (Å²) < 4.78 is 0. The summed E-state index contributed by atoms with van der Waals surface area (Å²) in [4.78, 5) is 22.9. The number of carbonyl (C=O) groups excluding carboxylic acids is 1. The van der Waals surface area contributed by atoms with Gasteiger partial charge in [0, 0.05) is 26.3 Å². The van der Waals surface area contributed by atoms with Gasteiger partial charge in [0.05, 0.1) is 28.9 Å². The van der Waals surface area contributed by atoms with Crippen LogP contribution in [0.3, 0.4) is 0 Å². The predicted octanol–water partition coefficient (Wildman–Crippen LogP) is 5.91. The van der Waals surface area contributed by atoms with E-state index in [1.54, 1.807) is 11.8 Å². The van der Waals surface area contributed by atoms with Crippen molar-refractivity contribution >= 4 is 34.2 Å². The number of nitrogens with zero attached hydrogens (tertiary/aromatic N) is 3. The molecule has 1 aliphatic heterocycles. The molecule has 1 aliphatic rings. The van der Waals surface area contributed by atoms with Gasteiger partial charge in [0.15, 0.2) is 5.17 Å². The van der Waals surface area contributed by atoms with E-state index in [9.17, 15) is 9.90 Å². The summed E-state index contributed by atoms with van der Waals surface area (Å²) in [6.07, 6.45) is 1.29. The minimum Gasteiger partial charge on any atom is -0.389 e. The molecule has 7 heteroatoms. The van der Waals surface area contributed by atoms with E-state index in [0.29, 0.717) is 28.8 Å². The van der Waals surface area contributed by atoms with Crippen molar-refractivity contribution < 1.29 is 9.90 Å². The van der Waals surface area contributed by atoms with E-state index in [0.717, 1.165) is 23.4 Å². The van der Waals surface area contributed by atoms with Gasteiger partial charge in [-0.05, 0) is 54.4 Å².